The summed E-state index contributed by atoms with van der Waals surface area (Å²) in [5.74, 6) is 1.40. The molecule has 0 heterocycles. The fourth-order valence-electron chi connectivity index (χ4n) is 1.58. The van der Waals surface area contributed by atoms with Crippen molar-refractivity contribution in [2.24, 2.45) is 11.8 Å². The van der Waals surface area contributed by atoms with Gasteiger partial charge >= 0.3 is 0 Å². The highest BCUT2D eigenvalue weighted by molar-refractivity contribution is 5.77. The van der Waals surface area contributed by atoms with Crippen molar-refractivity contribution in [2.75, 3.05) is 13.1 Å². The van der Waals surface area contributed by atoms with Crippen molar-refractivity contribution in [3.63, 3.8) is 0 Å². The van der Waals surface area contributed by atoms with Crippen molar-refractivity contribution in [3.05, 3.63) is 0 Å². The average molecular weight is 242 g/mol. The minimum absolute atomic E-state index is 0.106. The molecule has 1 unspecified atom stereocenters. The molecule has 0 spiro atoms. The van der Waals surface area contributed by atoms with Crippen LogP contribution in [0.5, 0.6) is 0 Å². The predicted octanol–water partition coefficient (Wildman–Crippen LogP) is 2.56. The van der Waals surface area contributed by atoms with E-state index in [9.17, 15) is 4.79 Å². The van der Waals surface area contributed by atoms with E-state index >= 15 is 0 Å². The van der Waals surface area contributed by atoms with Gasteiger partial charge in [0.15, 0.2) is 0 Å². The number of hydrogen-bond acceptors (Lipinski definition) is 2. The third-order valence-corrected chi connectivity index (χ3v) is 2.74. The summed E-state index contributed by atoms with van der Waals surface area (Å²) in [6.45, 7) is 12.0. The first kappa shape index (κ1) is 16.4. The number of rotatable bonds is 9. The van der Waals surface area contributed by atoms with Gasteiger partial charge in [0.2, 0.25) is 5.91 Å². The highest BCUT2D eigenvalue weighted by atomic mass is 16.1. The Morgan fingerprint density at radius 1 is 1.00 bits per heavy atom. The summed E-state index contributed by atoms with van der Waals surface area (Å²) in [5, 5.41) is 6.18. The summed E-state index contributed by atoms with van der Waals surface area (Å²) in [6, 6.07) is 0.429. The molecule has 1 amide bonds. The molecule has 0 aliphatic heterocycles. The maximum absolute atomic E-state index is 11.5. The number of carbonyl (C=O) groups excluding carboxylic acids is 1. The van der Waals surface area contributed by atoms with Crippen LogP contribution in [0.15, 0.2) is 0 Å². The van der Waals surface area contributed by atoms with Crippen LogP contribution >= 0.6 is 0 Å². The maximum atomic E-state index is 11.5. The van der Waals surface area contributed by atoms with Crippen LogP contribution in [0.3, 0.4) is 0 Å². The second kappa shape index (κ2) is 9.46. The molecule has 0 rings (SSSR count). The zero-order valence-corrected chi connectivity index (χ0v) is 12.2. The Labute approximate surface area is 107 Å². The predicted molar refractivity (Wildman–Crippen MR) is 74.0 cm³/mol. The number of carbonyl (C=O) groups is 1. The molecule has 0 fully saturated rings. The Bertz CT molecular complexity index is 202. The summed E-state index contributed by atoms with van der Waals surface area (Å²) in [7, 11) is 0. The molecule has 0 aromatic carbocycles. The van der Waals surface area contributed by atoms with Crippen LogP contribution in [-0.2, 0) is 4.79 Å². The van der Waals surface area contributed by atoms with E-state index in [1.807, 2.05) is 0 Å². The van der Waals surface area contributed by atoms with Gasteiger partial charge in [0, 0.05) is 12.6 Å². The fraction of sp³-hybridized carbons (Fsp3) is 0.929. The van der Waals surface area contributed by atoms with E-state index in [1.54, 1.807) is 0 Å². The smallest absolute Gasteiger partial charge is 0.233 e. The van der Waals surface area contributed by atoms with Crippen LogP contribution in [0.25, 0.3) is 0 Å². The Kier molecular flexibility index (Phi) is 9.14. The Morgan fingerprint density at radius 3 is 2.18 bits per heavy atom. The zero-order valence-electron chi connectivity index (χ0n) is 12.2. The quantitative estimate of drug-likeness (QED) is 0.652. The van der Waals surface area contributed by atoms with Gasteiger partial charge in [-0.3, -0.25) is 4.79 Å². The Morgan fingerprint density at radius 2 is 1.65 bits per heavy atom. The lowest BCUT2D eigenvalue weighted by molar-refractivity contribution is -0.120. The van der Waals surface area contributed by atoms with Crippen molar-refractivity contribution in [3.8, 4) is 0 Å². The average Bonchev–Trinajstić information content (AvgIpc) is 2.23. The van der Waals surface area contributed by atoms with Gasteiger partial charge < -0.3 is 10.6 Å². The molecule has 0 aromatic rings. The third kappa shape index (κ3) is 11.7. The van der Waals surface area contributed by atoms with E-state index in [0.29, 0.717) is 18.5 Å². The zero-order chi connectivity index (χ0) is 13.3. The Hall–Kier alpha value is -0.570. The second-order valence-corrected chi connectivity index (χ2v) is 5.80. The van der Waals surface area contributed by atoms with Gasteiger partial charge in [-0.15, -0.1) is 0 Å². The molecule has 3 heteroatoms. The van der Waals surface area contributed by atoms with Gasteiger partial charge in [0.1, 0.15) is 0 Å². The van der Waals surface area contributed by atoms with Crippen LogP contribution in [0.1, 0.15) is 53.9 Å². The molecule has 0 aliphatic carbocycles. The highest BCUT2D eigenvalue weighted by Crippen LogP contribution is 2.07. The van der Waals surface area contributed by atoms with E-state index in [2.05, 4.69) is 45.3 Å². The van der Waals surface area contributed by atoms with Crippen LogP contribution in [0.4, 0.5) is 0 Å². The number of hydrogen-bond donors (Lipinski definition) is 2. The van der Waals surface area contributed by atoms with E-state index in [0.717, 1.165) is 18.9 Å². The van der Waals surface area contributed by atoms with Crippen molar-refractivity contribution in [2.45, 2.75) is 59.9 Å². The van der Waals surface area contributed by atoms with Crippen LogP contribution < -0.4 is 10.6 Å². The SMILES string of the molecule is CC(C)CCCC(C)NCC(=O)NCC(C)C. The highest BCUT2D eigenvalue weighted by Gasteiger charge is 2.06. The molecule has 0 aliphatic rings. The molecule has 3 nitrogen and oxygen atoms in total. The standard InChI is InChI=1S/C14H30N2O/c1-11(2)7-6-8-13(5)15-10-14(17)16-9-12(3)4/h11-13,15H,6-10H2,1-5H3,(H,16,17). The van der Waals surface area contributed by atoms with E-state index in [1.165, 1.54) is 12.8 Å². The van der Waals surface area contributed by atoms with Crippen molar-refractivity contribution in [1.29, 1.82) is 0 Å². The monoisotopic (exact) mass is 242 g/mol. The maximum Gasteiger partial charge on any atom is 0.233 e. The normalized spacial score (nSPS) is 13.1. The molecule has 2 N–H and O–H groups in total. The van der Waals surface area contributed by atoms with Gasteiger partial charge in [-0.05, 0) is 25.2 Å². The lowest BCUT2D eigenvalue weighted by atomic mass is 10.0. The van der Waals surface area contributed by atoms with Gasteiger partial charge in [-0.1, -0.05) is 40.5 Å². The number of amides is 1. The first-order valence-corrected chi connectivity index (χ1v) is 6.91. The molecular formula is C14H30N2O. The van der Waals surface area contributed by atoms with E-state index < -0.39 is 0 Å². The molecule has 0 aromatic heterocycles. The first-order chi connectivity index (χ1) is 7.91. The van der Waals surface area contributed by atoms with Crippen LogP contribution in [-0.4, -0.2) is 25.0 Å². The molecule has 1 atom stereocenters. The summed E-state index contributed by atoms with van der Waals surface area (Å²) in [4.78, 5) is 11.5. The third-order valence-electron chi connectivity index (χ3n) is 2.74. The molecule has 17 heavy (non-hydrogen) atoms. The minimum Gasteiger partial charge on any atom is -0.355 e. The van der Waals surface area contributed by atoms with Gasteiger partial charge in [0.05, 0.1) is 6.54 Å². The van der Waals surface area contributed by atoms with Crippen molar-refractivity contribution in [1.82, 2.24) is 10.6 Å². The van der Waals surface area contributed by atoms with Gasteiger partial charge in [0.25, 0.3) is 0 Å². The summed E-state index contributed by atoms with van der Waals surface area (Å²) >= 11 is 0. The molecule has 102 valence electrons. The summed E-state index contributed by atoms with van der Waals surface area (Å²) in [6.07, 6.45) is 3.65. The molecular weight excluding hydrogens is 212 g/mol. The lowest BCUT2D eigenvalue weighted by Crippen LogP contribution is -2.39. The largest absolute Gasteiger partial charge is 0.355 e. The lowest BCUT2D eigenvalue weighted by Gasteiger charge is -2.14. The molecule has 0 radical (unpaired) electrons. The first-order valence-electron chi connectivity index (χ1n) is 6.91. The number of nitrogens with one attached hydrogen (secondary N) is 2. The minimum atomic E-state index is 0.106. The van der Waals surface area contributed by atoms with E-state index in [4.69, 9.17) is 0 Å². The summed E-state index contributed by atoms with van der Waals surface area (Å²) in [5.41, 5.74) is 0. The van der Waals surface area contributed by atoms with Crippen molar-refractivity contribution >= 4 is 5.91 Å². The molecule has 0 bridgehead atoms. The molecule has 0 saturated heterocycles. The Balaban J connectivity index is 3.48. The topological polar surface area (TPSA) is 41.1 Å². The van der Waals surface area contributed by atoms with Gasteiger partial charge in [-0.2, -0.15) is 0 Å². The summed E-state index contributed by atoms with van der Waals surface area (Å²) < 4.78 is 0. The van der Waals surface area contributed by atoms with Crippen LogP contribution in [0.2, 0.25) is 0 Å². The van der Waals surface area contributed by atoms with E-state index in [-0.39, 0.29) is 5.91 Å². The second-order valence-electron chi connectivity index (χ2n) is 5.80. The molecule has 0 saturated carbocycles. The van der Waals surface area contributed by atoms with Crippen molar-refractivity contribution < 1.29 is 4.79 Å². The fourth-order valence-corrected chi connectivity index (χ4v) is 1.58. The van der Waals surface area contributed by atoms with Crippen LogP contribution in [0, 0.1) is 11.8 Å². The van der Waals surface area contributed by atoms with Gasteiger partial charge in [-0.25, -0.2) is 0 Å².